The average Bonchev–Trinajstić information content (AvgIpc) is 3.01. The van der Waals surface area contributed by atoms with Crippen molar-refractivity contribution in [3.63, 3.8) is 0 Å². The number of esters is 2. The number of rotatable bonds is 3. The van der Waals surface area contributed by atoms with E-state index in [1.54, 1.807) is 11.8 Å². The number of ether oxygens (including phenoxy) is 2. The molecule has 3 heterocycles. The lowest BCUT2D eigenvalue weighted by Crippen LogP contribution is -2.52. The van der Waals surface area contributed by atoms with E-state index in [9.17, 15) is 14.9 Å². The third kappa shape index (κ3) is 1.56. The van der Waals surface area contributed by atoms with Gasteiger partial charge in [-0.15, -0.1) is 11.8 Å². The highest BCUT2D eigenvalue weighted by atomic mass is 32.2. The van der Waals surface area contributed by atoms with Gasteiger partial charge in [-0.25, -0.2) is 0 Å². The largest absolute Gasteiger partial charge is 0.455 e. The number of nitriles is 1. The Morgan fingerprint density at radius 2 is 2.35 bits per heavy atom. The monoisotopic (exact) mass is 295 g/mol. The molecule has 20 heavy (non-hydrogen) atoms. The normalized spacial score (nSPS) is 41.4. The lowest BCUT2D eigenvalue weighted by atomic mass is 9.79. The number of fused-ring (bicyclic) bond motifs is 1. The molecule has 0 aromatic carbocycles. The second-order valence-corrected chi connectivity index (χ2v) is 7.71. The van der Waals surface area contributed by atoms with E-state index in [4.69, 9.17) is 9.47 Å². The molecule has 0 spiro atoms. The summed E-state index contributed by atoms with van der Waals surface area (Å²) in [6, 6.07) is 2.11. The molecule has 3 saturated heterocycles. The summed E-state index contributed by atoms with van der Waals surface area (Å²) >= 11 is 1.56. The molecule has 2 bridgehead atoms. The van der Waals surface area contributed by atoms with Gasteiger partial charge in [0, 0.05) is 5.25 Å². The van der Waals surface area contributed by atoms with Crippen molar-refractivity contribution in [2.24, 2.45) is 11.3 Å². The van der Waals surface area contributed by atoms with Gasteiger partial charge in [0.05, 0.1) is 16.6 Å². The van der Waals surface area contributed by atoms with Crippen LogP contribution in [0.1, 0.15) is 33.6 Å². The zero-order valence-corrected chi connectivity index (χ0v) is 12.5. The molecular weight excluding hydrogens is 278 g/mol. The second-order valence-electron chi connectivity index (χ2n) is 6.33. The minimum absolute atomic E-state index is 0.00675. The van der Waals surface area contributed by atoms with E-state index >= 15 is 0 Å². The Hall–Kier alpha value is -1.22. The van der Waals surface area contributed by atoms with Gasteiger partial charge in [-0.2, -0.15) is 5.26 Å². The smallest absolute Gasteiger partial charge is 0.312 e. The summed E-state index contributed by atoms with van der Waals surface area (Å²) in [6.45, 7) is 5.55. The predicted molar refractivity (Wildman–Crippen MR) is 71.7 cm³/mol. The summed E-state index contributed by atoms with van der Waals surface area (Å²) in [4.78, 5) is 24.1. The first-order valence-electron chi connectivity index (χ1n) is 6.86. The van der Waals surface area contributed by atoms with Crippen LogP contribution in [0.2, 0.25) is 0 Å². The van der Waals surface area contributed by atoms with Gasteiger partial charge in [0.25, 0.3) is 0 Å². The van der Waals surface area contributed by atoms with Gasteiger partial charge in [0.1, 0.15) is 6.07 Å². The molecule has 0 aromatic heterocycles. The fraction of sp³-hybridized carbons (Fsp3) is 0.786. The molecule has 0 amide bonds. The molecule has 3 aliphatic heterocycles. The van der Waals surface area contributed by atoms with E-state index in [1.165, 1.54) is 0 Å². The fourth-order valence-corrected chi connectivity index (χ4v) is 5.00. The van der Waals surface area contributed by atoms with E-state index in [0.717, 1.165) is 0 Å². The maximum atomic E-state index is 12.3. The zero-order valence-electron chi connectivity index (χ0n) is 11.7. The van der Waals surface area contributed by atoms with Gasteiger partial charge in [-0.05, 0) is 26.7 Å². The molecule has 5 unspecified atom stereocenters. The molecule has 0 radical (unpaired) electrons. The molecule has 5 atom stereocenters. The maximum Gasteiger partial charge on any atom is 0.312 e. The van der Waals surface area contributed by atoms with Gasteiger partial charge in [-0.3, -0.25) is 9.59 Å². The summed E-state index contributed by atoms with van der Waals surface area (Å²) in [5.74, 6) is -0.856. The van der Waals surface area contributed by atoms with Crippen molar-refractivity contribution in [1.82, 2.24) is 0 Å². The Balaban J connectivity index is 1.87. The van der Waals surface area contributed by atoms with Crippen LogP contribution in [0.4, 0.5) is 0 Å². The van der Waals surface area contributed by atoms with E-state index in [-0.39, 0.29) is 28.4 Å². The minimum Gasteiger partial charge on any atom is -0.455 e. The summed E-state index contributed by atoms with van der Waals surface area (Å²) in [5.41, 5.74) is -1.86. The molecule has 5 nitrogen and oxygen atoms in total. The molecule has 108 valence electrons. The summed E-state index contributed by atoms with van der Waals surface area (Å²) in [5, 5.41) is 9.30. The molecule has 3 fully saturated rings. The van der Waals surface area contributed by atoms with Gasteiger partial charge >= 0.3 is 11.9 Å². The molecule has 6 heteroatoms. The number of carbonyl (C=O) groups is 2. The quantitative estimate of drug-likeness (QED) is 0.737. The van der Waals surface area contributed by atoms with Crippen molar-refractivity contribution < 1.29 is 19.1 Å². The summed E-state index contributed by atoms with van der Waals surface area (Å²) in [6.07, 6.45) is 0.660. The highest BCUT2D eigenvalue weighted by Crippen LogP contribution is 2.61. The molecule has 0 aliphatic carbocycles. The molecular formula is C14H17NO4S. The lowest BCUT2D eigenvalue weighted by molar-refractivity contribution is -0.173. The van der Waals surface area contributed by atoms with Crippen LogP contribution in [0.5, 0.6) is 0 Å². The molecule has 3 rings (SSSR count). The number of nitrogens with zero attached hydrogens (tertiary/aromatic N) is 1. The van der Waals surface area contributed by atoms with Crippen LogP contribution >= 0.6 is 11.8 Å². The Labute approximate surface area is 122 Å². The number of hydrogen-bond donors (Lipinski definition) is 0. The first kappa shape index (κ1) is 13.7. The van der Waals surface area contributed by atoms with Crippen LogP contribution in [0.15, 0.2) is 0 Å². The predicted octanol–water partition coefficient (Wildman–Crippen LogP) is 1.66. The SMILES string of the molecule is CCC(C)(C)C(=O)OC1C2CC3C(=O)OC1(C#N)C3S2. The minimum atomic E-state index is -1.27. The third-order valence-corrected chi connectivity index (χ3v) is 6.53. The van der Waals surface area contributed by atoms with Gasteiger partial charge < -0.3 is 9.47 Å². The lowest BCUT2D eigenvalue weighted by Gasteiger charge is -2.32. The Bertz CT molecular complexity index is 526. The Morgan fingerprint density at radius 3 is 2.95 bits per heavy atom. The molecule has 0 saturated carbocycles. The molecule has 0 N–H and O–H groups in total. The van der Waals surface area contributed by atoms with Crippen LogP contribution in [-0.4, -0.2) is 34.1 Å². The number of thioether (sulfide) groups is 1. The van der Waals surface area contributed by atoms with Crippen molar-refractivity contribution in [1.29, 1.82) is 5.26 Å². The van der Waals surface area contributed by atoms with Gasteiger partial charge in [0.15, 0.2) is 6.10 Å². The van der Waals surface area contributed by atoms with Crippen LogP contribution < -0.4 is 0 Å². The standard InChI is InChI=1S/C14H17NO4S/c1-4-13(2,3)12(17)18-9-8-5-7-10(20-8)14(9,6-15)19-11(7)16/h7-10H,4-5H2,1-3H3. The summed E-state index contributed by atoms with van der Waals surface area (Å²) in [7, 11) is 0. The van der Waals surface area contributed by atoms with E-state index in [1.807, 2.05) is 20.8 Å². The first-order chi connectivity index (χ1) is 9.35. The number of carbonyl (C=O) groups excluding carboxylic acids is 2. The van der Waals surface area contributed by atoms with Crippen molar-refractivity contribution >= 4 is 23.7 Å². The van der Waals surface area contributed by atoms with E-state index in [2.05, 4.69) is 6.07 Å². The van der Waals surface area contributed by atoms with Gasteiger partial charge in [0.2, 0.25) is 5.60 Å². The highest BCUT2D eigenvalue weighted by Gasteiger charge is 2.74. The topological polar surface area (TPSA) is 76.4 Å². The molecule has 0 aromatic rings. The fourth-order valence-electron chi connectivity index (χ4n) is 3.06. The molecule has 3 aliphatic rings. The van der Waals surface area contributed by atoms with E-state index in [0.29, 0.717) is 12.8 Å². The second kappa shape index (κ2) is 4.14. The zero-order chi connectivity index (χ0) is 14.7. The third-order valence-electron chi connectivity index (χ3n) is 4.77. The highest BCUT2D eigenvalue weighted by molar-refractivity contribution is 8.01. The van der Waals surface area contributed by atoms with Crippen molar-refractivity contribution in [2.75, 3.05) is 0 Å². The Morgan fingerprint density at radius 1 is 1.65 bits per heavy atom. The first-order valence-corrected chi connectivity index (χ1v) is 7.80. The van der Waals surface area contributed by atoms with Crippen LogP contribution in [0.3, 0.4) is 0 Å². The van der Waals surface area contributed by atoms with Crippen LogP contribution in [0.25, 0.3) is 0 Å². The van der Waals surface area contributed by atoms with Crippen molar-refractivity contribution in [3.05, 3.63) is 0 Å². The Kier molecular flexibility index (Phi) is 2.85. The van der Waals surface area contributed by atoms with E-state index < -0.39 is 17.1 Å². The van der Waals surface area contributed by atoms with Gasteiger partial charge in [-0.1, -0.05) is 6.92 Å². The maximum absolute atomic E-state index is 12.3. The average molecular weight is 295 g/mol. The van der Waals surface area contributed by atoms with Crippen molar-refractivity contribution in [3.8, 4) is 6.07 Å². The summed E-state index contributed by atoms with van der Waals surface area (Å²) < 4.78 is 11.0. The van der Waals surface area contributed by atoms with Crippen LogP contribution in [-0.2, 0) is 19.1 Å². The van der Waals surface area contributed by atoms with Crippen LogP contribution in [0, 0.1) is 22.7 Å². The van der Waals surface area contributed by atoms with Crippen molar-refractivity contribution in [2.45, 2.75) is 55.8 Å². The number of hydrogen-bond acceptors (Lipinski definition) is 6.